The van der Waals surface area contributed by atoms with Crippen molar-refractivity contribution in [2.24, 2.45) is 5.92 Å². The molecule has 0 saturated carbocycles. The predicted molar refractivity (Wildman–Crippen MR) is 83.1 cm³/mol. The molecule has 1 unspecified atom stereocenters. The van der Waals surface area contributed by atoms with Gasteiger partial charge in [0.15, 0.2) is 0 Å². The van der Waals surface area contributed by atoms with E-state index in [4.69, 9.17) is 0 Å². The highest BCUT2D eigenvalue weighted by atomic mass is 16.3. The third-order valence-corrected chi connectivity index (χ3v) is 4.38. The Morgan fingerprint density at radius 3 is 2.86 bits per heavy atom. The SMILES string of the molecule is Cc1ncc(CO)c(CNCC2CCN(C(C)C)C2)c1O. The molecule has 3 N–H and O–H groups in total. The summed E-state index contributed by atoms with van der Waals surface area (Å²) in [5.41, 5.74) is 2.07. The van der Waals surface area contributed by atoms with Crippen LogP contribution in [-0.2, 0) is 13.2 Å². The highest BCUT2D eigenvalue weighted by Gasteiger charge is 2.23. The summed E-state index contributed by atoms with van der Waals surface area (Å²) in [6.45, 7) is 9.98. The first-order valence-corrected chi connectivity index (χ1v) is 7.74. The molecule has 0 bridgehead atoms. The van der Waals surface area contributed by atoms with Crippen molar-refractivity contribution < 1.29 is 10.2 Å². The number of nitrogens with zero attached hydrogens (tertiary/aromatic N) is 2. The number of rotatable bonds is 6. The second-order valence-electron chi connectivity index (χ2n) is 6.23. The lowest BCUT2D eigenvalue weighted by Crippen LogP contribution is -2.30. The summed E-state index contributed by atoms with van der Waals surface area (Å²) in [6, 6.07) is 0.614. The highest BCUT2D eigenvalue weighted by Crippen LogP contribution is 2.24. The van der Waals surface area contributed by atoms with Gasteiger partial charge in [-0.2, -0.15) is 0 Å². The summed E-state index contributed by atoms with van der Waals surface area (Å²) in [5, 5.41) is 22.9. The largest absolute Gasteiger partial charge is 0.506 e. The fourth-order valence-electron chi connectivity index (χ4n) is 2.92. The van der Waals surface area contributed by atoms with Crippen LogP contribution in [0.15, 0.2) is 6.20 Å². The second kappa shape index (κ2) is 7.20. The summed E-state index contributed by atoms with van der Waals surface area (Å²) >= 11 is 0. The van der Waals surface area contributed by atoms with Crippen LogP contribution in [0.1, 0.15) is 37.1 Å². The number of likely N-dealkylation sites (tertiary alicyclic amines) is 1. The van der Waals surface area contributed by atoms with E-state index >= 15 is 0 Å². The molecule has 1 aliphatic rings. The van der Waals surface area contributed by atoms with E-state index in [0.717, 1.165) is 18.7 Å². The number of aliphatic hydroxyl groups is 1. The monoisotopic (exact) mass is 293 g/mol. The minimum atomic E-state index is -0.0948. The molecule has 2 rings (SSSR count). The van der Waals surface area contributed by atoms with Gasteiger partial charge in [-0.15, -0.1) is 0 Å². The van der Waals surface area contributed by atoms with Gasteiger partial charge in [0.2, 0.25) is 0 Å². The summed E-state index contributed by atoms with van der Waals surface area (Å²) in [5.74, 6) is 0.860. The standard InChI is InChI=1S/C16H27N3O2/c1-11(2)19-5-4-13(9-19)6-17-8-15-14(10-20)7-18-12(3)16(15)21/h7,11,13,17,20-21H,4-6,8-10H2,1-3H3. The second-order valence-corrected chi connectivity index (χ2v) is 6.23. The van der Waals surface area contributed by atoms with E-state index in [1.807, 2.05) is 0 Å². The van der Waals surface area contributed by atoms with Crippen LogP contribution in [0.4, 0.5) is 0 Å². The predicted octanol–water partition coefficient (Wildman–Crippen LogP) is 1.41. The normalized spacial score (nSPS) is 19.6. The minimum absolute atomic E-state index is 0.0948. The number of aryl methyl sites for hydroxylation is 1. The Bertz CT molecular complexity index is 477. The molecular formula is C16H27N3O2. The average molecular weight is 293 g/mol. The van der Waals surface area contributed by atoms with Crippen molar-refractivity contribution in [2.75, 3.05) is 19.6 Å². The summed E-state index contributed by atoms with van der Waals surface area (Å²) in [4.78, 5) is 6.58. The first-order chi connectivity index (χ1) is 10.0. The Morgan fingerprint density at radius 2 is 2.24 bits per heavy atom. The van der Waals surface area contributed by atoms with Gasteiger partial charge in [0, 0.05) is 36.5 Å². The number of aromatic nitrogens is 1. The van der Waals surface area contributed by atoms with E-state index in [1.54, 1.807) is 13.1 Å². The van der Waals surface area contributed by atoms with E-state index < -0.39 is 0 Å². The van der Waals surface area contributed by atoms with Crippen LogP contribution >= 0.6 is 0 Å². The van der Waals surface area contributed by atoms with Crippen molar-refractivity contribution in [1.82, 2.24) is 15.2 Å². The van der Waals surface area contributed by atoms with Crippen LogP contribution in [0.3, 0.4) is 0 Å². The fraction of sp³-hybridized carbons (Fsp3) is 0.688. The zero-order valence-electron chi connectivity index (χ0n) is 13.3. The molecule has 118 valence electrons. The summed E-state index contributed by atoms with van der Waals surface area (Å²) in [6.07, 6.45) is 2.86. The molecule has 5 nitrogen and oxygen atoms in total. The molecule has 1 fully saturated rings. The molecule has 1 atom stereocenters. The fourth-order valence-corrected chi connectivity index (χ4v) is 2.92. The molecule has 1 aliphatic heterocycles. The first kappa shape index (κ1) is 16.2. The molecule has 0 aromatic carbocycles. The maximum Gasteiger partial charge on any atom is 0.141 e. The third-order valence-electron chi connectivity index (χ3n) is 4.38. The number of pyridine rings is 1. The molecule has 0 amide bonds. The lowest BCUT2D eigenvalue weighted by molar-refractivity contribution is 0.263. The van der Waals surface area contributed by atoms with Crippen molar-refractivity contribution >= 4 is 0 Å². The van der Waals surface area contributed by atoms with Gasteiger partial charge in [-0.05, 0) is 46.2 Å². The topological polar surface area (TPSA) is 68.6 Å². The lowest BCUT2D eigenvalue weighted by Gasteiger charge is -2.20. The molecule has 5 heteroatoms. The zero-order chi connectivity index (χ0) is 15.4. The molecule has 1 saturated heterocycles. The summed E-state index contributed by atoms with van der Waals surface area (Å²) in [7, 11) is 0. The number of aliphatic hydroxyl groups excluding tert-OH is 1. The molecule has 21 heavy (non-hydrogen) atoms. The molecule has 0 radical (unpaired) electrons. The van der Waals surface area contributed by atoms with Gasteiger partial charge in [-0.3, -0.25) is 4.98 Å². The van der Waals surface area contributed by atoms with Crippen molar-refractivity contribution in [2.45, 2.75) is 46.4 Å². The van der Waals surface area contributed by atoms with E-state index in [2.05, 4.69) is 29.0 Å². The maximum atomic E-state index is 10.1. The maximum absolute atomic E-state index is 10.1. The van der Waals surface area contributed by atoms with Gasteiger partial charge < -0.3 is 20.4 Å². The van der Waals surface area contributed by atoms with E-state index in [1.165, 1.54) is 13.0 Å². The van der Waals surface area contributed by atoms with Crippen molar-refractivity contribution in [3.8, 4) is 5.75 Å². The first-order valence-electron chi connectivity index (χ1n) is 7.74. The van der Waals surface area contributed by atoms with Gasteiger partial charge in [0.25, 0.3) is 0 Å². The van der Waals surface area contributed by atoms with Gasteiger partial charge in [-0.1, -0.05) is 0 Å². The molecule has 0 spiro atoms. The zero-order valence-corrected chi connectivity index (χ0v) is 13.3. The molecule has 2 heterocycles. The number of hydrogen-bond donors (Lipinski definition) is 3. The van der Waals surface area contributed by atoms with Crippen molar-refractivity contribution in [3.05, 3.63) is 23.0 Å². The van der Waals surface area contributed by atoms with Crippen LogP contribution in [0.5, 0.6) is 5.75 Å². The smallest absolute Gasteiger partial charge is 0.141 e. The van der Waals surface area contributed by atoms with Gasteiger partial charge in [0.05, 0.1) is 12.3 Å². The quantitative estimate of drug-likeness (QED) is 0.740. The van der Waals surface area contributed by atoms with Gasteiger partial charge >= 0.3 is 0 Å². The lowest BCUT2D eigenvalue weighted by atomic mass is 10.1. The number of nitrogens with one attached hydrogen (secondary N) is 1. The highest BCUT2D eigenvalue weighted by molar-refractivity contribution is 5.40. The van der Waals surface area contributed by atoms with Crippen LogP contribution in [0.2, 0.25) is 0 Å². The summed E-state index contributed by atoms with van der Waals surface area (Å²) < 4.78 is 0. The average Bonchev–Trinajstić information content (AvgIpc) is 2.93. The molecule has 1 aromatic rings. The Hall–Kier alpha value is -1.17. The Labute approximate surface area is 127 Å². The Morgan fingerprint density at radius 1 is 1.48 bits per heavy atom. The van der Waals surface area contributed by atoms with Crippen LogP contribution < -0.4 is 5.32 Å². The Balaban J connectivity index is 1.88. The van der Waals surface area contributed by atoms with Crippen molar-refractivity contribution in [1.29, 1.82) is 0 Å². The van der Waals surface area contributed by atoms with Gasteiger partial charge in [0.1, 0.15) is 5.75 Å². The molecular weight excluding hydrogens is 266 g/mol. The minimum Gasteiger partial charge on any atom is -0.506 e. The number of aromatic hydroxyl groups is 1. The van der Waals surface area contributed by atoms with Crippen LogP contribution in [0, 0.1) is 12.8 Å². The Kier molecular flexibility index (Phi) is 5.56. The third kappa shape index (κ3) is 3.93. The molecule has 0 aliphatic carbocycles. The van der Waals surface area contributed by atoms with Gasteiger partial charge in [-0.25, -0.2) is 0 Å². The van der Waals surface area contributed by atoms with E-state index in [-0.39, 0.29) is 12.4 Å². The molecule has 1 aromatic heterocycles. The van der Waals surface area contributed by atoms with Crippen LogP contribution in [-0.4, -0.2) is 45.8 Å². The number of hydrogen-bond acceptors (Lipinski definition) is 5. The van der Waals surface area contributed by atoms with Crippen molar-refractivity contribution in [3.63, 3.8) is 0 Å². The van der Waals surface area contributed by atoms with E-state index in [0.29, 0.717) is 29.8 Å². The van der Waals surface area contributed by atoms with E-state index in [9.17, 15) is 10.2 Å². The van der Waals surface area contributed by atoms with Crippen LogP contribution in [0.25, 0.3) is 0 Å².